The third-order valence-electron chi connectivity index (χ3n) is 4.89. The summed E-state index contributed by atoms with van der Waals surface area (Å²) in [7, 11) is 0. The number of hydrogen-bond donors (Lipinski definition) is 0. The van der Waals surface area contributed by atoms with E-state index in [-0.39, 0.29) is 17.4 Å². The Morgan fingerprint density at radius 1 is 1.00 bits per heavy atom. The van der Waals surface area contributed by atoms with Crippen LogP contribution in [-0.2, 0) is 20.4 Å². The van der Waals surface area contributed by atoms with Crippen molar-refractivity contribution < 1.29 is 27.4 Å². The first-order chi connectivity index (χ1) is 15.1. The molecule has 0 fully saturated rings. The zero-order valence-electron chi connectivity index (χ0n) is 21.2. The SMILES string of the molecule is CCOC(=O)/C=C(C)/C=C(F)/C=C(/C)c1cc(C(C)(C)C)cc(C(C)(C)C)c1OCC(F)F. The summed E-state index contributed by atoms with van der Waals surface area (Å²) in [6, 6.07) is 3.85. The summed E-state index contributed by atoms with van der Waals surface area (Å²) in [5.41, 5.74) is 2.63. The van der Waals surface area contributed by atoms with Gasteiger partial charge in [0.2, 0.25) is 0 Å². The Balaban J connectivity index is 3.65. The third kappa shape index (κ3) is 9.10. The Bertz CT molecular complexity index is 927. The van der Waals surface area contributed by atoms with Gasteiger partial charge in [-0.3, -0.25) is 0 Å². The summed E-state index contributed by atoms with van der Waals surface area (Å²) in [5, 5.41) is 0. The first kappa shape index (κ1) is 28.5. The second kappa shape index (κ2) is 11.6. The molecule has 184 valence electrons. The molecule has 0 aliphatic carbocycles. The van der Waals surface area contributed by atoms with Crippen LogP contribution in [0.3, 0.4) is 0 Å². The number of ether oxygens (including phenoxy) is 2. The van der Waals surface area contributed by atoms with Crippen LogP contribution in [-0.4, -0.2) is 25.6 Å². The first-order valence-electron chi connectivity index (χ1n) is 11.1. The Morgan fingerprint density at radius 2 is 1.61 bits per heavy atom. The standard InChI is InChI=1S/C27H37F3O3/c1-10-32-24(31)12-17(2)11-20(28)13-18(3)21-14-19(26(4,5)6)15-22(27(7,8)9)25(21)33-16-23(29)30/h11-15,23H,10,16H2,1-9H3/b17-12+,18-13-,20-11-. The second-order valence-corrected chi connectivity index (χ2v) is 10.1. The lowest BCUT2D eigenvalue weighted by Crippen LogP contribution is -2.20. The highest BCUT2D eigenvalue weighted by Gasteiger charge is 2.27. The highest BCUT2D eigenvalue weighted by atomic mass is 19.3. The lowest BCUT2D eigenvalue weighted by Gasteiger charge is -2.29. The highest BCUT2D eigenvalue weighted by molar-refractivity contribution is 5.83. The molecule has 0 amide bonds. The van der Waals surface area contributed by atoms with Crippen molar-refractivity contribution in [2.24, 2.45) is 0 Å². The molecule has 1 rings (SSSR count). The predicted octanol–water partition coefficient (Wildman–Crippen LogP) is 7.69. The monoisotopic (exact) mass is 466 g/mol. The number of carbonyl (C=O) groups is 1. The third-order valence-corrected chi connectivity index (χ3v) is 4.89. The summed E-state index contributed by atoms with van der Waals surface area (Å²) < 4.78 is 51.2. The van der Waals surface area contributed by atoms with Gasteiger partial charge in [-0.25, -0.2) is 18.0 Å². The number of esters is 1. The maximum Gasteiger partial charge on any atom is 0.331 e. The molecule has 6 heteroatoms. The summed E-state index contributed by atoms with van der Waals surface area (Å²) in [6.45, 7) is 16.6. The molecule has 1 aromatic carbocycles. The molecule has 0 unspecified atom stereocenters. The molecule has 0 bridgehead atoms. The minimum absolute atomic E-state index is 0.219. The van der Waals surface area contributed by atoms with Crippen molar-refractivity contribution in [3.8, 4) is 5.75 Å². The fraction of sp³-hybridized carbons (Fsp3) is 0.519. The fourth-order valence-electron chi connectivity index (χ4n) is 3.17. The number of hydrogen-bond acceptors (Lipinski definition) is 3. The molecule has 0 aromatic heterocycles. The van der Waals surface area contributed by atoms with Crippen LogP contribution >= 0.6 is 0 Å². The average Bonchev–Trinajstić information content (AvgIpc) is 2.63. The van der Waals surface area contributed by atoms with E-state index < -0.39 is 24.8 Å². The van der Waals surface area contributed by atoms with Crippen LogP contribution in [0.4, 0.5) is 13.2 Å². The number of rotatable bonds is 8. The Morgan fingerprint density at radius 3 is 2.09 bits per heavy atom. The maximum absolute atomic E-state index is 14.8. The molecule has 33 heavy (non-hydrogen) atoms. The lowest BCUT2D eigenvalue weighted by molar-refractivity contribution is -0.137. The van der Waals surface area contributed by atoms with Gasteiger partial charge in [-0.1, -0.05) is 47.6 Å². The van der Waals surface area contributed by atoms with Crippen LogP contribution < -0.4 is 4.74 Å². The molecular weight excluding hydrogens is 429 g/mol. The summed E-state index contributed by atoms with van der Waals surface area (Å²) in [5.74, 6) is -0.796. The van der Waals surface area contributed by atoms with E-state index in [1.807, 2.05) is 32.9 Å². The van der Waals surface area contributed by atoms with Crippen LogP contribution in [0.25, 0.3) is 5.57 Å². The number of alkyl halides is 2. The molecular formula is C27H37F3O3. The Kier molecular flexibility index (Phi) is 10.0. The van der Waals surface area contributed by atoms with E-state index in [0.717, 1.165) is 11.1 Å². The zero-order chi connectivity index (χ0) is 25.6. The molecule has 0 aliphatic rings. The smallest absolute Gasteiger partial charge is 0.331 e. The molecule has 0 spiro atoms. The van der Waals surface area contributed by atoms with Gasteiger partial charge in [0.1, 0.15) is 18.2 Å². The zero-order valence-corrected chi connectivity index (χ0v) is 21.2. The van der Waals surface area contributed by atoms with Crippen LogP contribution in [0.2, 0.25) is 0 Å². The van der Waals surface area contributed by atoms with E-state index in [1.54, 1.807) is 20.8 Å². The average molecular weight is 467 g/mol. The van der Waals surface area contributed by atoms with Gasteiger partial charge in [0.25, 0.3) is 6.43 Å². The van der Waals surface area contributed by atoms with Crippen LogP contribution in [0.5, 0.6) is 5.75 Å². The minimum Gasteiger partial charge on any atom is -0.487 e. The van der Waals surface area contributed by atoms with Gasteiger partial charge in [-0.15, -0.1) is 0 Å². The summed E-state index contributed by atoms with van der Waals surface area (Å²) in [4.78, 5) is 11.6. The quantitative estimate of drug-likeness (QED) is 0.224. The molecule has 0 N–H and O–H groups in total. The summed E-state index contributed by atoms with van der Waals surface area (Å²) >= 11 is 0. The molecule has 0 radical (unpaired) electrons. The summed E-state index contributed by atoms with van der Waals surface area (Å²) in [6.07, 6.45) is 1.11. The molecule has 0 aliphatic heterocycles. The van der Waals surface area contributed by atoms with Crippen molar-refractivity contribution in [1.82, 2.24) is 0 Å². The van der Waals surface area contributed by atoms with Crippen LogP contribution in [0.15, 0.2) is 41.8 Å². The molecule has 0 saturated heterocycles. The van der Waals surface area contributed by atoms with Gasteiger partial charge in [0, 0.05) is 17.2 Å². The van der Waals surface area contributed by atoms with E-state index in [1.165, 1.54) is 18.2 Å². The lowest BCUT2D eigenvalue weighted by atomic mass is 9.78. The maximum atomic E-state index is 14.8. The fourth-order valence-corrected chi connectivity index (χ4v) is 3.17. The largest absolute Gasteiger partial charge is 0.487 e. The van der Waals surface area contributed by atoms with Gasteiger partial charge < -0.3 is 9.47 Å². The van der Waals surface area contributed by atoms with Crippen LogP contribution in [0, 0.1) is 0 Å². The van der Waals surface area contributed by atoms with Gasteiger partial charge in [0.05, 0.1) is 6.61 Å². The number of benzene rings is 1. The minimum atomic E-state index is -2.63. The van der Waals surface area contributed by atoms with E-state index in [2.05, 4.69) is 20.8 Å². The Hall–Kier alpha value is -2.50. The van der Waals surface area contributed by atoms with Gasteiger partial charge in [0.15, 0.2) is 0 Å². The molecule has 0 saturated carbocycles. The van der Waals surface area contributed by atoms with Crippen molar-refractivity contribution in [2.45, 2.75) is 79.6 Å². The first-order valence-corrected chi connectivity index (χ1v) is 11.1. The predicted molar refractivity (Wildman–Crippen MR) is 129 cm³/mol. The highest BCUT2D eigenvalue weighted by Crippen LogP contribution is 2.41. The van der Waals surface area contributed by atoms with E-state index >= 15 is 0 Å². The number of halogens is 3. The molecule has 1 aromatic rings. The second-order valence-electron chi connectivity index (χ2n) is 10.1. The van der Waals surface area contributed by atoms with Gasteiger partial charge in [-0.2, -0.15) is 0 Å². The van der Waals surface area contributed by atoms with Gasteiger partial charge in [-0.05, 0) is 66.5 Å². The van der Waals surface area contributed by atoms with Crippen molar-refractivity contribution in [3.63, 3.8) is 0 Å². The van der Waals surface area contributed by atoms with Gasteiger partial charge >= 0.3 is 5.97 Å². The van der Waals surface area contributed by atoms with Crippen molar-refractivity contribution in [3.05, 3.63) is 58.5 Å². The van der Waals surface area contributed by atoms with Crippen LogP contribution in [0.1, 0.15) is 79.0 Å². The molecule has 0 heterocycles. The molecule has 0 atom stereocenters. The van der Waals surface area contributed by atoms with E-state index in [0.29, 0.717) is 22.5 Å². The van der Waals surface area contributed by atoms with Crippen molar-refractivity contribution in [2.75, 3.05) is 13.2 Å². The van der Waals surface area contributed by atoms with Crippen molar-refractivity contribution in [1.29, 1.82) is 0 Å². The molecule has 3 nitrogen and oxygen atoms in total. The topological polar surface area (TPSA) is 35.5 Å². The Labute approximate surface area is 196 Å². The number of carbonyl (C=O) groups excluding carboxylic acids is 1. The normalized spacial score (nSPS) is 14.0. The number of allylic oxidation sites excluding steroid dienone is 5. The van der Waals surface area contributed by atoms with E-state index in [4.69, 9.17) is 9.47 Å². The van der Waals surface area contributed by atoms with Crippen molar-refractivity contribution >= 4 is 11.5 Å². The van der Waals surface area contributed by atoms with E-state index in [9.17, 15) is 18.0 Å².